The van der Waals surface area contributed by atoms with Gasteiger partial charge in [0, 0.05) is 4.90 Å². The van der Waals surface area contributed by atoms with Crippen LogP contribution in [0, 0.1) is 0 Å². The molecule has 98 valence electrons. The molecule has 3 nitrogen and oxygen atoms in total. The number of halogens is 3. The summed E-state index contributed by atoms with van der Waals surface area (Å²) in [5.41, 5.74) is -5.79. The third-order valence-electron chi connectivity index (χ3n) is 2.10. The normalized spacial score (nSPS) is 19.6. The Morgan fingerprint density at radius 2 is 1.89 bits per heavy atom. The summed E-state index contributed by atoms with van der Waals surface area (Å²) in [5.74, 6) is 0. The number of alkyl halides is 3. The van der Waals surface area contributed by atoms with Gasteiger partial charge in [0.1, 0.15) is 5.44 Å². The van der Waals surface area contributed by atoms with Gasteiger partial charge in [-0.05, 0) is 17.7 Å². The Bertz CT molecular complexity index is 578. The van der Waals surface area contributed by atoms with Crippen molar-refractivity contribution >= 4 is 28.0 Å². The lowest BCUT2D eigenvalue weighted by atomic mass is 10.2. The van der Waals surface area contributed by atoms with Crippen LogP contribution in [0.15, 0.2) is 35.2 Å². The van der Waals surface area contributed by atoms with Crippen LogP contribution < -0.4 is 0 Å². The molecule has 0 aliphatic carbocycles. The molecule has 0 fully saturated rings. The average molecular weight is 296 g/mol. The van der Waals surface area contributed by atoms with Gasteiger partial charge in [0.05, 0.1) is 0 Å². The minimum Gasteiger partial charge on any atom is -0.244 e. The standard InChI is InChI=1S/C10H7F3O3S2/c11-10(12,13)18(14,15)16-9-6-5-7-3-1-2-4-8(7)17-9/h1-6,9H. The Kier molecular flexibility index (Phi) is 3.43. The molecule has 1 unspecified atom stereocenters. The summed E-state index contributed by atoms with van der Waals surface area (Å²) in [4.78, 5) is 0.669. The van der Waals surface area contributed by atoms with Crippen molar-refractivity contribution in [3.63, 3.8) is 0 Å². The highest BCUT2D eigenvalue weighted by Gasteiger charge is 2.48. The monoisotopic (exact) mass is 296 g/mol. The summed E-state index contributed by atoms with van der Waals surface area (Å²) in [6.45, 7) is 0. The maximum atomic E-state index is 12.1. The molecule has 1 heterocycles. The van der Waals surface area contributed by atoms with Gasteiger partial charge in [-0.15, -0.1) is 0 Å². The second-order valence-corrected chi connectivity index (χ2v) is 6.08. The number of benzene rings is 1. The zero-order chi connectivity index (χ0) is 13.4. The van der Waals surface area contributed by atoms with Crippen molar-refractivity contribution in [2.75, 3.05) is 0 Å². The molecule has 0 radical (unpaired) electrons. The minimum absolute atomic E-state index is 0.669. The Balaban J connectivity index is 2.17. The number of hydrogen-bond acceptors (Lipinski definition) is 4. The lowest BCUT2D eigenvalue weighted by Gasteiger charge is -2.19. The van der Waals surface area contributed by atoms with Crippen molar-refractivity contribution < 1.29 is 25.8 Å². The summed E-state index contributed by atoms with van der Waals surface area (Å²) in [5, 5.41) is 0. The number of rotatable bonds is 2. The SMILES string of the molecule is O=S(=O)(OC1C=Cc2ccccc2S1)C(F)(F)F. The first-order valence-corrected chi connectivity index (χ1v) is 7.02. The summed E-state index contributed by atoms with van der Waals surface area (Å²) in [6, 6.07) is 6.94. The van der Waals surface area contributed by atoms with Gasteiger partial charge in [0.15, 0.2) is 0 Å². The van der Waals surface area contributed by atoms with E-state index in [-0.39, 0.29) is 0 Å². The van der Waals surface area contributed by atoms with Crippen molar-refractivity contribution in [3.05, 3.63) is 35.9 Å². The predicted octanol–water partition coefficient (Wildman–Crippen LogP) is 3.00. The van der Waals surface area contributed by atoms with E-state index in [0.717, 1.165) is 17.3 Å². The molecule has 0 saturated carbocycles. The molecule has 1 aromatic carbocycles. The van der Waals surface area contributed by atoms with E-state index in [1.54, 1.807) is 24.3 Å². The van der Waals surface area contributed by atoms with E-state index in [1.165, 1.54) is 12.2 Å². The zero-order valence-electron chi connectivity index (χ0n) is 8.72. The molecule has 1 aliphatic heterocycles. The molecule has 8 heteroatoms. The van der Waals surface area contributed by atoms with Crippen molar-refractivity contribution in [1.82, 2.24) is 0 Å². The zero-order valence-corrected chi connectivity index (χ0v) is 10.3. The Morgan fingerprint density at radius 1 is 1.22 bits per heavy atom. The van der Waals surface area contributed by atoms with E-state index in [2.05, 4.69) is 4.18 Å². The van der Waals surface area contributed by atoms with Gasteiger partial charge in [-0.2, -0.15) is 21.6 Å². The maximum absolute atomic E-state index is 12.1. The highest BCUT2D eigenvalue weighted by Crippen LogP contribution is 2.36. The Labute approximate surface area is 106 Å². The maximum Gasteiger partial charge on any atom is 0.523 e. The third kappa shape index (κ3) is 2.70. The van der Waals surface area contributed by atoms with Crippen molar-refractivity contribution in [1.29, 1.82) is 0 Å². The van der Waals surface area contributed by atoms with Crippen molar-refractivity contribution in [2.24, 2.45) is 0 Å². The van der Waals surface area contributed by atoms with Crippen molar-refractivity contribution in [2.45, 2.75) is 15.8 Å². The first-order chi connectivity index (χ1) is 8.29. The lowest BCUT2D eigenvalue weighted by Crippen LogP contribution is -2.28. The van der Waals surface area contributed by atoms with Gasteiger partial charge in [0.2, 0.25) is 0 Å². The molecular formula is C10H7F3O3S2. The van der Waals surface area contributed by atoms with E-state index >= 15 is 0 Å². The highest BCUT2D eigenvalue weighted by molar-refractivity contribution is 8.00. The fourth-order valence-corrected chi connectivity index (χ4v) is 3.03. The number of fused-ring (bicyclic) bond motifs is 1. The molecule has 0 saturated heterocycles. The molecule has 0 N–H and O–H groups in total. The van der Waals surface area contributed by atoms with Crippen LogP contribution in [0.4, 0.5) is 13.2 Å². The van der Waals surface area contributed by atoms with Gasteiger partial charge in [0.25, 0.3) is 0 Å². The smallest absolute Gasteiger partial charge is 0.244 e. The molecule has 0 aromatic heterocycles. The topological polar surface area (TPSA) is 43.4 Å². The fourth-order valence-electron chi connectivity index (χ4n) is 1.30. The molecule has 1 atom stereocenters. The predicted molar refractivity (Wildman–Crippen MR) is 61.2 cm³/mol. The summed E-state index contributed by atoms with van der Waals surface area (Å²) < 4.78 is 62.2. The molecular weight excluding hydrogens is 289 g/mol. The lowest BCUT2D eigenvalue weighted by molar-refractivity contribution is -0.0541. The van der Waals surface area contributed by atoms with E-state index in [4.69, 9.17) is 0 Å². The Hall–Kier alpha value is -0.990. The molecule has 0 bridgehead atoms. The second kappa shape index (κ2) is 4.60. The van der Waals surface area contributed by atoms with Gasteiger partial charge in [-0.1, -0.05) is 36.0 Å². The van der Waals surface area contributed by atoms with Crippen LogP contribution in [0.25, 0.3) is 6.08 Å². The van der Waals surface area contributed by atoms with Crippen LogP contribution >= 0.6 is 11.8 Å². The largest absolute Gasteiger partial charge is 0.523 e. The van der Waals surface area contributed by atoms with E-state index < -0.39 is 21.1 Å². The summed E-state index contributed by atoms with van der Waals surface area (Å²) in [6.07, 6.45) is 2.80. The van der Waals surface area contributed by atoms with E-state index in [1.807, 2.05) is 0 Å². The molecule has 1 aromatic rings. The van der Waals surface area contributed by atoms with Crippen molar-refractivity contribution in [3.8, 4) is 0 Å². The quantitative estimate of drug-likeness (QED) is 0.621. The van der Waals surface area contributed by atoms with Gasteiger partial charge in [-0.3, -0.25) is 0 Å². The van der Waals surface area contributed by atoms with Gasteiger partial charge < -0.3 is 0 Å². The molecule has 0 amide bonds. The average Bonchev–Trinajstić information content (AvgIpc) is 2.27. The number of hydrogen-bond donors (Lipinski definition) is 0. The third-order valence-corrected chi connectivity index (χ3v) is 4.36. The molecule has 2 rings (SSSR count). The van der Waals surface area contributed by atoms with E-state index in [9.17, 15) is 21.6 Å². The summed E-state index contributed by atoms with van der Waals surface area (Å²) in [7, 11) is -5.57. The molecule has 0 spiro atoms. The number of thioether (sulfide) groups is 1. The van der Waals surface area contributed by atoms with Crippen LogP contribution in [0.5, 0.6) is 0 Å². The second-order valence-electron chi connectivity index (χ2n) is 3.38. The first-order valence-electron chi connectivity index (χ1n) is 4.73. The van der Waals surface area contributed by atoms with Crippen LogP contribution in [0.2, 0.25) is 0 Å². The fraction of sp³-hybridized carbons (Fsp3) is 0.200. The van der Waals surface area contributed by atoms with E-state index in [0.29, 0.717) is 4.90 Å². The van der Waals surface area contributed by atoms with Crippen LogP contribution in [0.1, 0.15) is 5.56 Å². The highest BCUT2D eigenvalue weighted by atomic mass is 32.2. The van der Waals surface area contributed by atoms with Crippen LogP contribution in [0.3, 0.4) is 0 Å². The Morgan fingerprint density at radius 3 is 2.56 bits per heavy atom. The van der Waals surface area contributed by atoms with Crippen LogP contribution in [-0.2, 0) is 14.3 Å². The van der Waals surface area contributed by atoms with Gasteiger partial charge in [-0.25, -0.2) is 4.18 Å². The first kappa shape index (κ1) is 13.4. The molecule has 1 aliphatic rings. The van der Waals surface area contributed by atoms with Gasteiger partial charge >= 0.3 is 15.6 Å². The summed E-state index contributed by atoms with van der Waals surface area (Å²) >= 11 is 0.912. The minimum atomic E-state index is -5.57. The molecule has 18 heavy (non-hydrogen) atoms. The van der Waals surface area contributed by atoms with Crippen LogP contribution in [-0.4, -0.2) is 19.4 Å².